The van der Waals surface area contributed by atoms with Crippen molar-refractivity contribution in [3.63, 3.8) is 0 Å². The molecule has 2 rings (SSSR count). The van der Waals surface area contributed by atoms with Gasteiger partial charge in [0.1, 0.15) is 17.6 Å². The molecule has 0 amide bonds. The van der Waals surface area contributed by atoms with Crippen LogP contribution in [0.4, 0.5) is 8.78 Å². The van der Waals surface area contributed by atoms with Crippen LogP contribution < -0.4 is 0 Å². The van der Waals surface area contributed by atoms with E-state index in [0.29, 0.717) is 6.07 Å². The summed E-state index contributed by atoms with van der Waals surface area (Å²) < 4.78 is 31.0. The zero-order valence-corrected chi connectivity index (χ0v) is 10.1. The van der Waals surface area contributed by atoms with Crippen LogP contribution in [0.3, 0.4) is 0 Å². The van der Waals surface area contributed by atoms with E-state index in [9.17, 15) is 13.6 Å². The number of nitrogens with zero attached hydrogens (tertiary/aromatic N) is 1. The van der Waals surface area contributed by atoms with E-state index in [0.717, 1.165) is 12.1 Å². The van der Waals surface area contributed by atoms with Crippen molar-refractivity contribution in [3.8, 4) is 6.07 Å². The molecule has 6 heteroatoms. The average molecular weight is 282 g/mol. The summed E-state index contributed by atoms with van der Waals surface area (Å²) in [6.07, 6.45) is 1.19. The second-order valence-electron chi connectivity index (χ2n) is 3.74. The van der Waals surface area contributed by atoms with Crippen molar-refractivity contribution < 1.29 is 18.0 Å². The number of nitriles is 1. The Labute approximate surface area is 112 Å². The molecule has 1 heterocycles. The molecule has 0 aliphatic heterocycles. The number of carbonyl (C=O) groups excluding carboxylic acids is 1. The van der Waals surface area contributed by atoms with Crippen LogP contribution in [0.5, 0.6) is 0 Å². The number of rotatable bonds is 3. The molecule has 96 valence electrons. The van der Waals surface area contributed by atoms with Gasteiger partial charge in [0.05, 0.1) is 17.9 Å². The van der Waals surface area contributed by atoms with Crippen LogP contribution in [0.2, 0.25) is 5.22 Å². The summed E-state index contributed by atoms with van der Waals surface area (Å²) in [5.41, 5.74) is -0.0693. The number of furan rings is 1. The van der Waals surface area contributed by atoms with Crippen molar-refractivity contribution >= 4 is 17.4 Å². The highest BCUT2D eigenvalue weighted by Crippen LogP contribution is 2.26. The molecule has 0 saturated heterocycles. The summed E-state index contributed by atoms with van der Waals surface area (Å²) in [6, 6.07) is 5.53. The fraction of sp³-hybridized carbons (Fsp3) is 0.0769. The van der Waals surface area contributed by atoms with Gasteiger partial charge in [0, 0.05) is 6.07 Å². The molecular formula is C13H6ClF2NO2. The van der Waals surface area contributed by atoms with Crippen LogP contribution in [0, 0.1) is 23.0 Å². The topological polar surface area (TPSA) is 54.0 Å². The van der Waals surface area contributed by atoms with E-state index in [1.165, 1.54) is 12.3 Å². The normalized spacial score (nSPS) is 11.9. The van der Waals surface area contributed by atoms with E-state index < -0.39 is 23.3 Å². The highest BCUT2D eigenvalue weighted by molar-refractivity contribution is 6.32. The first kappa shape index (κ1) is 13.2. The number of hydrogen-bond acceptors (Lipinski definition) is 3. The van der Waals surface area contributed by atoms with E-state index in [1.807, 2.05) is 0 Å². The Kier molecular flexibility index (Phi) is 3.63. The Morgan fingerprint density at radius 3 is 2.42 bits per heavy atom. The first-order chi connectivity index (χ1) is 9.02. The number of carbonyl (C=O) groups is 1. The zero-order chi connectivity index (χ0) is 14.0. The maximum Gasteiger partial charge on any atom is 0.203 e. The Balaban J connectivity index is 2.43. The second kappa shape index (κ2) is 5.21. The third-order valence-electron chi connectivity index (χ3n) is 2.49. The molecule has 0 radical (unpaired) electrons. The van der Waals surface area contributed by atoms with E-state index in [1.54, 1.807) is 6.07 Å². The third-order valence-corrected chi connectivity index (χ3v) is 2.79. The van der Waals surface area contributed by atoms with Crippen LogP contribution in [0.1, 0.15) is 21.8 Å². The molecule has 0 fully saturated rings. The maximum atomic E-state index is 13.1. The Hall–Kier alpha value is -2.19. The summed E-state index contributed by atoms with van der Waals surface area (Å²) in [7, 11) is 0. The quantitative estimate of drug-likeness (QED) is 0.806. The monoisotopic (exact) mass is 281 g/mol. The zero-order valence-electron chi connectivity index (χ0n) is 9.36. The molecule has 19 heavy (non-hydrogen) atoms. The molecule has 0 spiro atoms. The van der Waals surface area contributed by atoms with Crippen LogP contribution in [0.25, 0.3) is 0 Å². The van der Waals surface area contributed by atoms with Gasteiger partial charge in [0.15, 0.2) is 5.78 Å². The van der Waals surface area contributed by atoms with Crippen molar-refractivity contribution in [1.29, 1.82) is 5.26 Å². The lowest BCUT2D eigenvalue weighted by atomic mass is 9.93. The minimum atomic E-state index is -1.35. The van der Waals surface area contributed by atoms with Gasteiger partial charge in [-0.25, -0.2) is 8.78 Å². The van der Waals surface area contributed by atoms with Gasteiger partial charge in [-0.2, -0.15) is 5.26 Å². The standard InChI is InChI=1S/C13H6ClF2NO2/c14-13-10(1-2-19-13)12(18)11(6-17)7-3-8(15)5-9(16)4-7/h1-5,11H. The second-order valence-corrected chi connectivity index (χ2v) is 4.08. The van der Waals surface area contributed by atoms with E-state index >= 15 is 0 Å². The number of Topliss-reactive ketones (excluding diaryl/α,β-unsaturated/α-hetero) is 1. The molecule has 0 bridgehead atoms. The molecule has 0 saturated carbocycles. The van der Waals surface area contributed by atoms with E-state index in [-0.39, 0.29) is 16.3 Å². The Bertz CT molecular complexity index is 655. The van der Waals surface area contributed by atoms with Crippen LogP contribution in [-0.4, -0.2) is 5.78 Å². The lowest BCUT2D eigenvalue weighted by molar-refractivity contribution is 0.0978. The van der Waals surface area contributed by atoms with Gasteiger partial charge < -0.3 is 4.42 Å². The molecule has 1 unspecified atom stereocenters. The van der Waals surface area contributed by atoms with Crippen LogP contribution in [0.15, 0.2) is 34.9 Å². The van der Waals surface area contributed by atoms with Crippen molar-refractivity contribution in [3.05, 3.63) is 58.5 Å². The molecule has 0 N–H and O–H groups in total. The molecule has 1 aromatic carbocycles. The molecule has 2 aromatic rings. The molecule has 3 nitrogen and oxygen atoms in total. The summed E-state index contributed by atoms with van der Waals surface area (Å²) in [4.78, 5) is 12.1. The van der Waals surface area contributed by atoms with Crippen molar-refractivity contribution in [2.75, 3.05) is 0 Å². The van der Waals surface area contributed by atoms with Gasteiger partial charge in [0.2, 0.25) is 5.22 Å². The maximum absolute atomic E-state index is 13.1. The van der Waals surface area contributed by atoms with E-state index in [2.05, 4.69) is 0 Å². The minimum absolute atomic E-state index is 0.00196. The van der Waals surface area contributed by atoms with Gasteiger partial charge in [-0.15, -0.1) is 0 Å². The Morgan fingerprint density at radius 2 is 1.95 bits per heavy atom. The van der Waals surface area contributed by atoms with Gasteiger partial charge in [0.25, 0.3) is 0 Å². The van der Waals surface area contributed by atoms with Crippen LogP contribution in [-0.2, 0) is 0 Å². The fourth-order valence-electron chi connectivity index (χ4n) is 1.65. The Morgan fingerprint density at radius 1 is 1.32 bits per heavy atom. The van der Waals surface area contributed by atoms with Crippen LogP contribution >= 0.6 is 11.6 Å². The minimum Gasteiger partial charge on any atom is -0.452 e. The first-order valence-corrected chi connectivity index (χ1v) is 5.53. The van der Waals surface area contributed by atoms with Gasteiger partial charge >= 0.3 is 0 Å². The average Bonchev–Trinajstić information content (AvgIpc) is 2.75. The third kappa shape index (κ3) is 2.64. The predicted molar refractivity (Wildman–Crippen MR) is 62.8 cm³/mol. The molecule has 1 aromatic heterocycles. The SMILES string of the molecule is N#CC(C(=O)c1ccoc1Cl)c1cc(F)cc(F)c1. The fourth-order valence-corrected chi connectivity index (χ4v) is 1.86. The molecular weight excluding hydrogens is 276 g/mol. The highest BCUT2D eigenvalue weighted by Gasteiger charge is 2.26. The summed E-state index contributed by atoms with van der Waals surface area (Å²) in [5, 5.41) is 8.87. The largest absolute Gasteiger partial charge is 0.452 e. The van der Waals surface area contributed by atoms with Crippen molar-refractivity contribution in [2.24, 2.45) is 0 Å². The summed E-state index contributed by atoms with van der Waals surface area (Å²) in [6.45, 7) is 0. The number of benzene rings is 1. The summed E-state index contributed by atoms with van der Waals surface area (Å²) in [5.74, 6) is -3.74. The predicted octanol–water partition coefficient (Wildman–Crippen LogP) is 3.70. The van der Waals surface area contributed by atoms with Crippen molar-refractivity contribution in [1.82, 2.24) is 0 Å². The van der Waals surface area contributed by atoms with E-state index in [4.69, 9.17) is 21.3 Å². The van der Waals surface area contributed by atoms with Crippen molar-refractivity contribution in [2.45, 2.75) is 5.92 Å². The smallest absolute Gasteiger partial charge is 0.203 e. The highest BCUT2D eigenvalue weighted by atomic mass is 35.5. The number of ketones is 1. The van der Waals surface area contributed by atoms with Gasteiger partial charge in [-0.05, 0) is 35.4 Å². The first-order valence-electron chi connectivity index (χ1n) is 5.15. The molecule has 0 aliphatic carbocycles. The van der Waals surface area contributed by atoms with Gasteiger partial charge in [-0.3, -0.25) is 4.79 Å². The molecule has 0 aliphatic rings. The molecule has 1 atom stereocenters. The number of halogens is 3. The number of hydrogen-bond donors (Lipinski definition) is 0. The summed E-state index contributed by atoms with van der Waals surface area (Å²) >= 11 is 5.64. The van der Waals surface area contributed by atoms with Gasteiger partial charge in [-0.1, -0.05) is 0 Å². The lowest BCUT2D eigenvalue weighted by Gasteiger charge is -2.08. The lowest BCUT2D eigenvalue weighted by Crippen LogP contribution is -2.11.